The first-order valence-electron chi connectivity index (χ1n) is 7.98. The summed E-state index contributed by atoms with van der Waals surface area (Å²) in [6.07, 6.45) is 0.940. The molecule has 0 N–H and O–H groups in total. The summed E-state index contributed by atoms with van der Waals surface area (Å²) >= 11 is 1.67. The van der Waals surface area contributed by atoms with Gasteiger partial charge >= 0.3 is 0 Å². The molecule has 2 aromatic heterocycles. The molecule has 0 aliphatic carbocycles. The monoisotopic (exact) mass is 334 g/mol. The van der Waals surface area contributed by atoms with Gasteiger partial charge in [0, 0.05) is 17.6 Å². The zero-order chi connectivity index (χ0) is 17.3. The Kier molecular flexibility index (Phi) is 5.24. The Morgan fingerprint density at radius 3 is 2.43 bits per heavy atom. The molecule has 1 atom stereocenters. The van der Waals surface area contributed by atoms with Crippen LogP contribution in [0.2, 0.25) is 0 Å². The normalized spacial score (nSPS) is 12.5. The Balaban J connectivity index is 2.15. The van der Waals surface area contributed by atoms with Gasteiger partial charge in [0.15, 0.2) is 0 Å². The van der Waals surface area contributed by atoms with Gasteiger partial charge in [0.2, 0.25) is 5.91 Å². The topological polar surface area (TPSA) is 51.0 Å². The second-order valence-electron chi connectivity index (χ2n) is 6.02. The molecular weight excluding hydrogens is 308 g/mol. The Morgan fingerprint density at radius 2 is 1.96 bits per heavy atom. The van der Waals surface area contributed by atoms with Crippen LogP contribution in [0, 0.1) is 27.7 Å². The smallest absolute Gasteiger partial charge is 0.244 e. The van der Waals surface area contributed by atoms with Crippen LogP contribution in [0.15, 0.2) is 0 Å². The number of hydrogen-bond acceptors (Lipinski definition) is 4. The van der Waals surface area contributed by atoms with Crippen molar-refractivity contribution in [2.45, 2.75) is 60.5 Å². The number of carbonyl (C=O) groups is 1. The van der Waals surface area contributed by atoms with Crippen molar-refractivity contribution in [1.82, 2.24) is 19.7 Å². The summed E-state index contributed by atoms with van der Waals surface area (Å²) in [4.78, 5) is 20.2. The summed E-state index contributed by atoms with van der Waals surface area (Å²) in [5.74, 6) is 0.0517. The number of nitrogens with zero attached hydrogens (tertiary/aromatic N) is 4. The molecule has 23 heavy (non-hydrogen) atoms. The van der Waals surface area contributed by atoms with Gasteiger partial charge in [-0.25, -0.2) is 4.98 Å². The fourth-order valence-corrected chi connectivity index (χ4v) is 3.88. The highest BCUT2D eigenvalue weighted by Crippen LogP contribution is 2.26. The standard InChI is InChI=1S/C17H26N4OS/c1-8-15-10(2)19-21(11(15)3)9-16(22)20(7)12(4)17-13(5)23-14(6)18-17/h12H,8-9H2,1-7H3. The highest BCUT2D eigenvalue weighted by atomic mass is 32.1. The maximum Gasteiger partial charge on any atom is 0.244 e. The van der Waals surface area contributed by atoms with Gasteiger partial charge in [0.1, 0.15) is 6.54 Å². The van der Waals surface area contributed by atoms with Gasteiger partial charge in [0.25, 0.3) is 0 Å². The molecular formula is C17H26N4OS. The summed E-state index contributed by atoms with van der Waals surface area (Å²) in [6, 6.07) is -0.0324. The largest absolute Gasteiger partial charge is 0.336 e. The molecule has 0 bridgehead atoms. The number of likely N-dealkylation sites (N-methyl/N-ethyl adjacent to an activating group) is 1. The van der Waals surface area contributed by atoms with Crippen LogP contribution in [0.3, 0.4) is 0 Å². The molecule has 0 aliphatic rings. The number of aromatic nitrogens is 3. The van der Waals surface area contributed by atoms with Gasteiger partial charge < -0.3 is 4.90 Å². The lowest BCUT2D eigenvalue weighted by atomic mass is 10.1. The first-order chi connectivity index (χ1) is 10.8. The van der Waals surface area contributed by atoms with Crippen molar-refractivity contribution < 1.29 is 4.79 Å². The summed E-state index contributed by atoms with van der Waals surface area (Å²) in [5.41, 5.74) is 4.32. The maximum atomic E-state index is 12.6. The molecule has 1 unspecified atom stereocenters. The molecule has 5 nitrogen and oxygen atoms in total. The number of thiazole rings is 1. The van der Waals surface area contributed by atoms with Crippen molar-refractivity contribution in [3.63, 3.8) is 0 Å². The van der Waals surface area contributed by atoms with E-state index in [0.717, 1.165) is 28.5 Å². The Hall–Kier alpha value is -1.69. The van der Waals surface area contributed by atoms with Crippen LogP contribution in [-0.4, -0.2) is 32.6 Å². The zero-order valence-corrected chi connectivity index (χ0v) is 15.9. The molecule has 126 valence electrons. The Morgan fingerprint density at radius 1 is 1.30 bits per heavy atom. The van der Waals surface area contributed by atoms with Crippen molar-refractivity contribution in [3.8, 4) is 0 Å². The van der Waals surface area contributed by atoms with Gasteiger partial charge in [-0.2, -0.15) is 5.10 Å². The predicted molar refractivity (Wildman–Crippen MR) is 93.9 cm³/mol. The molecule has 2 heterocycles. The fourth-order valence-electron chi connectivity index (χ4n) is 2.97. The Bertz CT molecular complexity index is 716. The second kappa shape index (κ2) is 6.83. The van der Waals surface area contributed by atoms with Crippen molar-refractivity contribution in [3.05, 3.63) is 32.5 Å². The van der Waals surface area contributed by atoms with E-state index in [1.165, 1.54) is 10.4 Å². The van der Waals surface area contributed by atoms with Crippen molar-refractivity contribution in [2.24, 2.45) is 0 Å². The predicted octanol–water partition coefficient (Wildman–Crippen LogP) is 3.36. The average molecular weight is 334 g/mol. The van der Waals surface area contributed by atoms with E-state index in [9.17, 15) is 4.79 Å². The Labute approximate surface area is 142 Å². The molecule has 2 rings (SSSR count). The van der Waals surface area contributed by atoms with Crippen molar-refractivity contribution in [2.75, 3.05) is 7.05 Å². The fraction of sp³-hybridized carbons (Fsp3) is 0.588. The van der Waals surface area contributed by atoms with E-state index >= 15 is 0 Å². The molecule has 0 radical (unpaired) electrons. The van der Waals surface area contributed by atoms with Crippen LogP contribution in [0.25, 0.3) is 0 Å². The van der Waals surface area contributed by atoms with E-state index in [-0.39, 0.29) is 18.5 Å². The minimum Gasteiger partial charge on any atom is -0.336 e. The molecule has 2 aromatic rings. The third-order valence-corrected chi connectivity index (χ3v) is 5.38. The van der Waals surface area contributed by atoms with E-state index in [1.54, 1.807) is 16.2 Å². The van der Waals surface area contributed by atoms with Gasteiger partial charge in [-0.15, -0.1) is 11.3 Å². The maximum absolute atomic E-state index is 12.6. The van der Waals surface area contributed by atoms with Crippen LogP contribution < -0.4 is 0 Å². The van der Waals surface area contributed by atoms with Gasteiger partial charge in [0.05, 0.1) is 22.4 Å². The molecule has 0 aromatic carbocycles. The van der Waals surface area contributed by atoms with Gasteiger partial charge in [-0.1, -0.05) is 6.92 Å². The second-order valence-corrected chi connectivity index (χ2v) is 7.42. The van der Waals surface area contributed by atoms with Crippen molar-refractivity contribution >= 4 is 17.2 Å². The number of carbonyl (C=O) groups excluding carboxylic acids is 1. The quantitative estimate of drug-likeness (QED) is 0.842. The first-order valence-corrected chi connectivity index (χ1v) is 8.80. The van der Waals surface area contributed by atoms with E-state index in [1.807, 2.05) is 39.4 Å². The lowest BCUT2D eigenvalue weighted by Crippen LogP contribution is -2.33. The SMILES string of the molecule is CCc1c(C)nn(CC(=O)N(C)C(C)c2nc(C)sc2C)c1C. The van der Waals surface area contributed by atoms with Gasteiger partial charge in [-0.05, 0) is 46.6 Å². The number of amides is 1. The minimum absolute atomic E-state index is 0.0324. The van der Waals surface area contributed by atoms with E-state index in [4.69, 9.17) is 0 Å². The van der Waals surface area contributed by atoms with Crippen LogP contribution in [0.5, 0.6) is 0 Å². The minimum atomic E-state index is -0.0324. The van der Waals surface area contributed by atoms with Crippen LogP contribution in [0.1, 0.15) is 52.4 Å². The summed E-state index contributed by atoms with van der Waals surface area (Å²) in [5, 5.41) is 5.55. The molecule has 0 aliphatic heterocycles. The average Bonchev–Trinajstić information content (AvgIpc) is 2.96. The number of rotatable bonds is 5. The summed E-state index contributed by atoms with van der Waals surface area (Å²) in [7, 11) is 1.84. The van der Waals surface area contributed by atoms with Crippen LogP contribution >= 0.6 is 11.3 Å². The summed E-state index contributed by atoms with van der Waals surface area (Å²) in [6.45, 7) is 12.5. The molecule has 0 fully saturated rings. The lowest BCUT2D eigenvalue weighted by Gasteiger charge is -2.24. The molecule has 0 spiro atoms. The van der Waals surface area contributed by atoms with E-state index < -0.39 is 0 Å². The zero-order valence-electron chi connectivity index (χ0n) is 15.1. The number of hydrogen-bond donors (Lipinski definition) is 0. The lowest BCUT2D eigenvalue weighted by molar-refractivity contribution is -0.132. The van der Waals surface area contributed by atoms with Crippen LogP contribution in [-0.2, 0) is 17.8 Å². The third kappa shape index (κ3) is 3.47. The molecule has 0 saturated carbocycles. The van der Waals surface area contributed by atoms with Crippen LogP contribution in [0.4, 0.5) is 0 Å². The summed E-state index contributed by atoms with van der Waals surface area (Å²) < 4.78 is 1.82. The number of aryl methyl sites for hydroxylation is 3. The molecule has 6 heteroatoms. The van der Waals surface area contributed by atoms with Gasteiger partial charge in [-0.3, -0.25) is 9.48 Å². The molecule has 1 amide bonds. The molecule has 0 saturated heterocycles. The highest BCUT2D eigenvalue weighted by molar-refractivity contribution is 7.11. The first kappa shape index (κ1) is 17.7. The van der Waals surface area contributed by atoms with Crippen molar-refractivity contribution in [1.29, 1.82) is 0 Å². The van der Waals surface area contributed by atoms with E-state index in [0.29, 0.717) is 0 Å². The van der Waals surface area contributed by atoms with E-state index in [2.05, 4.69) is 23.9 Å². The third-order valence-electron chi connectivity index (χ3n) is 4.48. The highest BCUT2D eigenvalue weighted by Gasteiger charge is 2.23.